The summed E-state index contributed by atoms with van der Waals surface area (Å²) in [6.07, 6.45) is 5.39. The van der Waals surface area contributed by atoms with Crippen LogP contribution in [0.5, 0.6) is 0 Å². The molecule has 0 unspecified atom stereocenters. The molecule has 0 atom stereocenters. The molecule has 4 nitrogen and oxygen atoms in total. The first-order valence-corrected chi connectivity index (χ1v) is 4.67. The Morgan fingerprint density at radius 2 is 2.00 bits per heavy atom. The number of carbonyl (C=O) groups is 2. The number of rotatable bonds is 2. The number of hydrogen-bond acceptors (Lipinski definition) is 2. The third-order valence-corrected chi connectivity index (χ3v) is 2.62. The van der Waals surface area contributed by atoms with Gasteiger partial charge in [-0.25, -0.2) is 4.79 Å². The third-order valence-electron chi connectivity index (χ3n) is 2.62. The lowest BCUT2D eigenvalue weighted by molar-refractivity contribution is -0.131. The fraction of sp³-hybridized carbons (Fsp3) is 0.400. The third kappa shape index (κ3) is 1.32. The standard InChI is InChI=1S/C10H11NO3/c12-9(10(13)14)7-5-11-8-4-2-1-3-6(7)8/h5,11H,1-4H2,(H,13,14). The molecule has 1 aliphatic rings. The van der Waals surface area contributed by atoms with Gasteiger partial charge in [-0.05, 0) is 31.2 Å². The maximum absolute atomic E-state index is 11.3. The van der Waals surface area contributed by atoms with Crippen LogP contribution in [0.3, 0.4) is 0 Å². The van der Waals surface area contributed by atoms with Gasteiger partial charge in [0.25, 0.3) is 5.78 Å². The van der Waals surface area contributed by atoms with Crippen molar-refractivity contribution in [3.05, 3.63) is 23.0 Å². The molecule has 0 amide bonds. The van der Waals surface area contributed by atoms with Crippen LogP contribution in [0.4, 0.5) is 0 Å². The Hall–Kier alpha value is -1.58. The first-order chi connectivity index (χ1) is 6.70. The monoisotopic (exact) mass is 193 g/mol. The van der Waals surface area contributed by atoms with Gasteiger partial charge in [0.1, 0.15) is 0 Å². The number of nitrogens with one attached hydrogen (secondary N) is 1. The van der Waals surface area contributed by atoms with E-state index in [1.54, 1.807) is 0 Å². The van der Waals surface area contributed by atoms with Gasteiger partial charge in [-0.3, -0.25) is 4.79 Å². The minimum absolute atomic E-state index is 0.340. The summed E-state index contributed by atoms with van der Waals surface area (Å²) >= 11 is 0. The van der Waals surface area contributed by atoms with Crippen LogP contribution in [0, 0.1) is 0 Å². The molecule has 0 saturated carbocycles. The first-order valence-electron chi connectivity index (χ1n) is 4.67. The Kier molecular flexibility index (Phi) is 2.11. The van der Waals surface area contributed by atoms with E-state index in [0.29, 0.717) is 5.56 Å². The van der Waals surface area contributed by atoms with Crippen LogP contribution in [0.2, 0.25) is 0 Å². The van der Waals surface area contributed by atoms with Crippen LogP contribution in [0.15, 0.2) is 6.20 Å². The average molecular weight is 193 g/mol. The van der Waals surface area contributed by atoms with Crippen molar-refractivity contribution in [2.75, 3.05) is 0 Å². The molecule has 0 radical (unpaired) electrons. The van der Waals surface area contributed by atoms with Crippen molar-refractivity contribution in [3.63, 3.8) is 0 Å². The largest absolute Gasteiger partial charge is 0.475 e. The molecule has 74 valence electrons. The quantitative estimate of drug-likeness (QED) is 0.547. The number of carboxylic acids is 1. The predicted octanol–water partition coefficient (Wildman–Crippen LogP) is 1.16. The van der Waals surface area contributed by atoms with Gasteiger partial charge in [0.05, 0.1) is 5.56 Å². The van der Waals surface area contributed by atoms with Crippen LogP contribution in [-0.4, -0.2) is 21.8 Å². The van der Waals surface area contributed by atoms with E-state index in [0.717, 1.165) is 36.9 Å². The van der Waals surface area contributed by atoms with E-state index in [1.165, 1.54) is 6.20 Å². The lowest BCUT2D eigenvalue weighted by atomic mass is 9.94. The van der Waals surface area contributed by atoms with Crippen LogP contribution >= 0.6 is 0 Å². The highest BCUT2D eigenvalue weighted by molar-refractivity contribution is 6.40. The Bertz CT molecular complexity index is 392. The number of carbonyl (C=O) groups excluding carboxylic acids is 1. The number of aryl methyl sites for hydroxylation is 1. The maximum Gasteiger partial charge on any atom is 0.377 e. The second-order valence-corrected chi connectivity index (χ2v) is 3.50. The molecule has 0 aromatic carbocycles. The van der Waals surface area contributed by atoms with E-state index in [2.05, 4.69) is 4.98 Å². The molecule has 2 N–H and O–H groups in total. The number of carboxylic acid groups (broad SMARTS) is 1. The molecule has 0 spiro atoms. The first kappa shape index (κ1) is 8.99. The van der Waals surface area contributed by atoms with Gasteiger partial charge in [0.15, 0.2) is 0 Å². The second-order valence-electron chi connectivity index (χ2n) is 3.50. The Labute approximate surface area is 80.9 Å². The molecule has 1 aliphatic carbocycles. The molecule has 1 heterocycles. The fourth-order valence-electron chi connectivity index (χ4n) is 1.93. The summed E-state index contributed by atoms with van der Waals surface area (Å²) in [5, 5.41) is 8.59. The zero-order valence-electron chi connectivity index (χ0n) is 7.67. The molecule has 0 aliphatic heterocycles. The highest BCUT2D eigenvalue weighted by atomic mass is 16.4. The van der Waals surface area contributed by atoms with Gasteiger partial charge in [-0.15, -0.1) is 0 Å². The van der Waals surface area contributed by atoms with Gasteiger partial charge in [0.2, 0.25) is 0 Å². The number of fused-ring (bicyclic) bond motifs is 1. The smallest absolute Gasteiger partial charge is 0.377 e. The number of aromatic amines is 1. The minimum atomic E-state index is -1.38. The Morgan fingerprint density at radius 3 is 2.71 bits per heavy atom. The number of hydrogen-bond donors (Lipinski definition) is 2. The summed E-state index contributed by atoms with van der Waals surface area (Å²) in [6, 6.07) is 0. The van der Waals surface area contributed by atoms with Crippen molar-refractivity contribution in [1.82, 2.24) is 4.98 Å². The Balaban J connectivity index is 2.39. The van der Waals surface area contributed by atoms with E-state index in [-0.39, 0.29) is 0 Å². The summed E-state index contributed by atoms with van der Waals surface area (Å²) in [5.41, 5.74) is 2.27. The second kappa shape index (κ2) is 3.29. The highest BCUT2D eigenvalue weighted by Crippen LogP contribution is 2.24. The molecule has 1 aromatic heterocycles. The molecule has 0 saturated heterocycles. The minimum Gasteiger partial charge on any atom is -0.475 e. The van der Waals surface area contributed by atoms with Gasteiger partial charge >= 0.3 is 5.97 Å². The number of ketones is 1. The topological polar surface area (TPSA) is 70.2 Å². The zero-order chi connectivity index (χ0) is 10.1. The van der Waals surface area contributed by atoms with Crippen molar-refractivity contribution in [2.24, 2.45) is 0 Å². The van der Waals surface area contributed by atoms with Gasteiger partial charge in [0, 0.05) is 11.9 Å². The SMILES string of the molecule is O=C(O)C(=O)c1c[nH]c2c1CCCC2. The summed E-state index contributed by atoms with van der Waals surface area (Å²) in [4.78, 5) is 24.8. The molecule has 2 rings (SSSR count). The highest BCUT2D eigenvalue weighted by Gasteiger charge is 2.23. The van der Waals surface area contributed by atoms with Crippen LogP contribution < -0.4 is 0 Å². The van der Waals surface area contributed by atoms with Crippen LogP contribution in [0.1, 0.15) is 34.5 Å². The van der Waals surface area contributed by atoms with E-state index in [1.807, 2.05) is 0 Å². The zero-order valence-corrected chi connectivity index (χ0v) is 7.67. The molecular weight excluding hydrogens is 182 g/mol. The summed E-state index contributed by atoms with van der Waals surface area (Å²) in [6.45, 7) is 0. The number of aromatic nitrogens is 1. The van der Waals surface area contributed by atoms with Crippen molar-refractivity contribution in [3.8, 4) is 0 Å². The van der Waals surface area contributed by atoms with Crippen molar-refractivity contribution in [1.29, 1.82) is 0 Å². The van der Waals surface area contributed by atoms with E-state index in [4.69, 9.17) is 5.11 Å². The lowest BCUT2D eigenvalue weighted by Crippen LogP contribution is -2.15. The normalized spacial score (nSPS) is 14.9. The summed E-state index contributed by atoms with van der Waals surface area (Å²) in [5.74, 6) is -2.18. The van der Waals surface area contributed by atoms with E-state index in [9.17, 15) is 9.59 Å². The average Bonchev–Trinajstić information content (AvgIpc) is 2.60. The summed E-state index contributed by atoms with van der Waals surface area (Å²) < 4.78 is 0. The van der Waals surface area contributed by atoms with Gasteiger partial charge in [-0.1, -0.05) is 0 Å². The van der Waals surface area contributed by atoms with Crippen LogP contribution in [-0.2, 0) is 17.6 Å². The molecule has 0 bridgehead atoms. The maximum atomic E-state index is 11.3. The molecule has 4 heteroatoms. The molecule has 1 aromatic rings. The van der Waals surface area contributed by atoms with Crippen molar-refractivity contribution >= 4 is 11.8 Å². The van der Waals surface area contributed by atoms with Gasteiger partial charge < -0.3 is 10.1 Å². The number of Topliss-reactive ketones (excluding diaryl/α,β-unsaturated/α-hetero) is 1. The lowest BCUT2D eigenvalue weighted by Gasteiger charge is -2.11. The number of H-pyrrole nitrogens is 1. The molecule has 0 fully saturated rings. The summed E-state index contributed by atoms with van der Waals surface area (Å²) in [7, 11) is 0. The van der Waals surface area contributed by atoms with Crippen LogP contribution in [0.25, 0.3) is 0 Å². The number of aliphatic carboxylic acids is 1. The van der Waals surface area contributed by atoms with E-state index >= 15 is 0 Å². The van der Waals surface area contributed by atoms with Crippen molar-refractivity contribution in [2.45, 2.75) is 25.7 Å². The van der Waals surface area contributed by atoms with Gasteiger partial charge in [-0.2, -0.15) is 0 Å². The molecule has 14 heavy (non-hydrogen) atoms. The predicted molar refractivity (Wildman–Crippen MR) is 49.4 cm³/mol. The Morgan fingerprint density at radius 1 is 1.29 bits per heavy atom. The fourth-order valence-corrected chi connectivity index (χ4v) is 1.93. The molecular formula is C10H11NO3. The van der Waals surface area contributed by atoms with E-state index < -0.39 is 11.8 Å². The van der Waals surface area contributed by atoms with Crippen molar-refractivity contribution < 1.29 is 14.7 Å².